The molecule has 3 heteroatoms. The first-order valence-corrected chi connectivity index (χ1v) is 8.98. The smallest absolute Gasteiger partial charge is 0.0717 e. The molecule has 0 saturated carbocycles. The van der Waals surface area contributed by atoms with Gasteiger partial charge in [-0.15, -0.1) is 0 Å². The minimum absolute atomic E-state index is 0.403. The molecule has 3 rings (SSSR count). The Bertz CT molecular complexity index is 587. The van der Waals surface area contributed by atoms with E-state index in [4.69, 9.17) is 4.74 Å². The highest BCUT2D eigenvalue weighted by atomic mass is 16.5. The van der Waals surface area contributed by atoms with Crippen LogP contribution in [0.4, 0.5) is 0 Å². The van der Waals surface area contributed by atoms with Crippen molar-refractivity contribution in [3.8, 4) is 0 Å². The third-order valence-corrected chi connectivity index (χ3v) is 4.74. The number of hydrogen-bond acceptors (Lipinski definition) is 3. The van der Waals surface area contributed by atoms with Crippen LogP contribution in [0.5, 0.6) is 0 Å². The molecule has 2 aromatic carbocycles. The second kappa shape index (κ2) is 8.97. The minimum Gasteiger partial charge on any atom is -0.375 e. The van der Waals surface area contributed by atoms with Crippen molar-refractivity contribution in [3.63, 3.8) is 0 Å². The summed E-state index contributed by atoms with van der Waals surface area (Å²) in [5, 5.41) is 3.66. The molecule has 128 valence electrons. The standard InChI is InChI=1S/C21H28N2O/c1-2-21-13-22-20(17-24-16-19-11-7-4-8-12-19)15-23(21)14-18-9-5-3-6-10-18/h3-12,20-22H,2,13-17H2,1H3/t20-,21-/m1/s1. The van der Waals surface area contributed by atoms with Crippen molar-refractivity contribution in [3.05, 3.63) is 71.8 Å². The predicted octanol–water partition coefficient (Wildman–Crippen LogP) is 3.46. The molecule has 0 radical (unpaired) electrons. The van der Waals surface area contributed by atoms with Crippen LogP contribution < -0.4 is 5.32 Å². The normalized spacial score (nSPS) is 21.7. The molecule has 2 atom stereocenters. The van der Waals surface area contributed by atoms with Crippen LogP contribution in [0.25, 0.3) is 0 Å². The van der Waals surface area contributed by atoms with Crippen LogP contribution in [0.3, 0.4) is 0 Å². The minimum atomic E-state index is 0.403. The van der Waals surface area contributed by atoms with E-state index in [9.17, 15) is 0 Å². The van der Waals surface area contributed by atoms with Gasteiger partial charge in [-0.25, -0.2) is 0 Å². The molecule has 0 unspecified atom stereocenters. The molecule has 1 aliphatic heterocycles. The lowest BCUT2D eigenvalue weighted by atomic mass is 10.1. The highest BCUT2D eigenvalue weighted by Crippen LogP contribution is 2.15. The summed E-state index contributed by atoms with van der Waals surface area (Å²) in [6.07, 6.45) is 1.18. The number of hydrogen-bond donors (Lipinski definition) is 1. The number of rotatable bonds is 7. The van der Waals surface area contributed by atoms with E-state index < -0.39 is 0 Å². The lowest BCUT2D eigenvalue weighted by molar-refractivity contribution is 0.0490. The summed E-state index contributed by atoms with van der Waals surface area (Å²) in [5.41, 5.74) is 2.63. The molecule has 1 fully saturated rings. The topological polar surface area (TPSA) is 24.5 Å². The summed E-state index contributed by atoms with van der Waals surface area (Å²) in [4.78, 5) is 2.60. The van der Waals surface area contributed by atoms with E-state index in [1.165, 1.54) is 17.5 Å². The molecule has 1 N–H and O–H groups in total. The maximum absolute atomic E-state index is 5.94. The van der Waals surface area contributed by atoms with Crippen LogP contribution in [0.2, 0.25) is 0 Å². The van der Waals surface area contributed by atoms with Crippen LogP contribution in [0.1, 0.15) is 24.5 Å². The second-order valence-corrected chi connectivity index (χ2v) is 6.58. The average Bonchev–Trinajstić information content (AvgIpc) is 2.64. The summed E-state index contributed by atoms with van der Waals surface area (Å²) in [5.74, 6) is 0. The van der Waals surface area contributed by atoms with Gasteiger partial charge in [-0.05, 0) is 17.5 Å². The first-order chi connectivity index (χ1) is 11.8. The zero-order valence-corrected chi connectivity index (χ0v) is 14.5. The summed E-state index contributed by atoms with van der Waals surface area (Å²) < 4.78 is 5.94. The third-order valence-electron chi connectivity index (χ3n) is 4.74. The highest BCUT2D eigenvalue weighted by Gasteiger charge is 2.26. The maximum atomic E-state index is 5.94. The Hall–Kier alpha value is -1.68. The molecule has 24 heavy (non-hydrogen) atoms. The van der Waals surface area contributed by atoms with Crippen molar-refractivity contribution >= 4 is 0 Å². The SMILES string of the molecule is CC[C@@H]1CN[C@@H](COCc2ccccc2)CN1Cc1ccccc1. The maximum Gasteiger partial charge on any atom is 0.0717 e. The van der Waals surface area contributed by atoms with Gasteiger partial charge in [-0.3, -0.25) is 4.90 Å². The molecule has 0 aliphatic carbocycles. The fraction of sp³-hybridized carbons (Fsp3) is 0.429. The van der Waals surface area contributed by atoms with Crippen molar-refractivity contribution in [1.29, 1.82) is 0 Å². The van der Waals surface area contributed by atoms with Crippen LogP contribution in [-0.4, -0.2) is 36.7 Å². The second-order valence-electron chi connectivity index (χ2n) is 6.58. The van der Waals surface area contributed by atoms with Gasteiger partial charge in [-0.2, -0.15) is 0 Å². The molecule has 1 aliphatic rings. The first-order valence-electron chi connectivity index (χ1n) is 8.98. The Morgan fingerprint density at radius 3 is 2.33 bits per heavy atom. The van der Waals surface area contributed by atoms with E-state index in [-0.39, 0.29) is 0 Å². The zero-order valence-electron chi connectivity index (χ0n) is 14.5. The monoisotopic (exact) mass is 324 g/mol. The Morgan fingerprint density at radius 1 is 1.00 bits per heavy atom. The molecule has 3 nitrogen and oxygen atoms in total. The first kappa shape index (κ1) is 17.2. The van der Waals surface area contributed by atoms with Crippen molar-refractivity contribution in [1.82, 2.24) is 10.2 Å². The molecule has 2 aromatic rings. The quantitative estimate of drug-likeness (QED) is 0.844. The summed E-state index contributed by atoms with van der Waals surface area (Å²) in [7, 11) is 0. The number of piperazine rings is 1. The van der Waals surface area contributed by atoms with Gasteiger partial charge in [0.1, 0.15) is 0 Å². The van der Waals surface area contributed by atoms with Gasteiger partial charge in [0.05, 0.1) is 13.2 Å². The Balaban J connectivity index is 1.50. The summed E-state index contributed by atoms with van der Waals surface area (Å²) in [6, 6.07) is 22.2. The van der Waals surface area contributed by atoms with Gasteiger partial charge in [0.25, 0.3) is 0 Å². The van der Waals surface area contributed by atoms with E-state index >= 15 is 0 Å². The van der Waals surface area contributed by atoms with E-state index in [0.29, 0.717) is 18.7 Å². The fourth-order valence-electron chi connectivity index (χ4n) is 3.35. The molecule has 0 spiro atoms. The number of nitrogens with zero attached hydrogens (tertiary/aromatic N) is 1. The van der Waals surface area contributed by atoms with Gasteiger partial charge < -0.3 is 10.1 Å². The van der Waals surface area contributed by atoms with Crippen molar-refractivity contribution in [2.45, 2.75) is 38.6 Å². The predicted molar refractivity (Wildman–Crippen MR) is 98.8 cm³/mol. The molecular weight excluding hydrogens is 296 g/mol. The number of nitrogens with one attached hydrogen (secondary N) is 1. The number of ether oxygens (including phenoxy) is 1. The molecule has 0 bridgehead atoms. The Labute approximate surface area is 145 Å². The lowest BCUT2D eigenvalue weighted by Gasteiger charge is -2.40. The molecule has 1 saturated heterocycles. The van der Waals surface area contributed by atoms with Crippen LogP contribution in [0, 0.1) is 0 Å². The van der Waals surface area contributed by atoms with Crippen molar-refractivity contribution in [2.24, 2.45) is 0 Å². The number of benzene rings is 2. The van der Waals surface area contributed by atoms with Crippen LogP contribution in [-0.2, 0) is 17.9 Å². The van der Waals surface area contributed by atoms with Gasteiger partial charge in [0.15, 0.2) is 0 Å². The molecule has 1 heterocycles. The fourth-order valence-corrected chi connectivity index (χ4v) is 3.35. The third kappa shape index (κ3) is 4.91. The van der Waals surface area contributed by atoms with Crippen molar-refractivity contribution in [2.75, 3.05) is 19.7 Å². The van der Waals surface area contributed by atoms with Gasteiger partial charge >= 0.3 is 0 Å². The zero-order chi connectivity index (χ0) is 16.6. The lowest BCUT2D eigenvalue weighted by Crippen LogP contribution is -2.57. The van der Waals surface area contributed by atoms with Gasteiger partial charge in [0, 0.05) is 31.7 Å². The van der Waals surface area contributed by atoms with E-state index in [2.05, 4.69) is 71.7 Å². The molecular formula is C21H28N2O. The largest absolute Gasteiger partial charge is 0.375 e. The van der Waals surface area contributed by atoms with Crippen LogP contribution >= 0.6 is 0 Å². The Kier molecular flexibility index (Phi) is 6.41. The van der Waals surface area contributed by atoms with E-state index in [0.717, 1.165) is 26.2 Å². The Morgan fingerprint density at radius 2 is 1.67 bits per heavy atom. The van der Waals surface area contributed by atoms with E-state index in [1.807, 2.05) is 6.07 Å². The molecule has 0 aromatic heterocycles. The van der Waals surface area contributed by atoms with Gasteiger partial charge in [-0.1, -0.05) is 67.6 Å². The average molecular weight is 324 g/mol. The van der Waals surface area contributed by atoms with Crippen LogP contribution in [0.15, 0.2) is 60.7 Å². The molecule has 0 amide bonds. The van der Waals surface area contributed by atoms with Crippen molar-refractivity contribution < 1.29 is 4.74 Å². The van der Waals surface area contributed by atoms with Gasteiger partial charge in [0.2, 0.25) is 0 Å². The highest BCUT2D eigenvalue weighted by molar-refractivity contribution is 5.15. The summed E-state index contributed by atoms with van der Waals surface area (Å²) >= 11 is 0. The summed E-state index contributed by atoms with van der Waals surface area (Å²) in [6.45, 7) is 6.84. The van der Waals surface area contributed by atoms with E-state index in [1.54, 1.807) is 0 Å².